The minimum absolute atomic E-state index is 0.201. The smallest absolute Gasteiger partial charge is 0.108 e. The minimum atomic E-state index is -1.01. The van der Waals surface area contributed by atoms with Crippen molar-refractivity contribution >= 4 is 0 Å². The van der Waals surface area contributed by atoms with Crippen LogP contribution in [0.3, 0.4) is 0 Å². The van der Waals surface area contributed by atoms with Gasteiger partial charge < -0.3 is 0 Å². The third-order valence-electron chi connectivity index (χ3n) is 2.13. The molecule has 0 N–H and O–H groups in total. The van der Waals surface area contributed by atoms with Gasteiger partial charge in [-0.2, -0.15) is 0 Å². The molecule has 0 aromatic carbocycles. The number of halogens is 1. The van der Waals surface area contributed by atoms with Gasteiger partial charge in [0.25, 0.3) is 0 Å². The highest BCUT2D eigenvalue weighted by Gasteiger charge is 2.29. The molecule has 10 heavy (non-hydrogen) atoms. The molecule has 0 aromatic heterocycles. The van der Waals surface area contributed by atoms with Crippen molar-refractivity contribution in [1.82, 2.24) is 0 Å². The van der Waals surface area contributed by atoms with E-state index in [1.807, 2.05) is 6.92 Å². The molecule has 0 spiro atoms. The van der Waals surface area contributed by atoms with Gasteiger partial charge in [-0.1, -0.05) is 27.2 Å². The molecule has 0 fully saturated rings. The lowest BCUT2D eigenvalue weighted by Gasteiger charge is -2.29. The number of hydrogen-bond acceptors (Lipinski definition) is 0. The van der Waals surface area contributed by atoms with E-state index >= 15 is 0 Å². The van der Waals surface area contributed by atoms with Gasteiger partial charge in [-0.15, -0.1) is 0 Å². The average molecular weight is 146 g/mol. The summed E-state index contributed by atoms with van der Waals surface area (Å²) in [4.78, 5) is 0. The van der Waals surface area contributed by atoms with Crippen molar-refractivity contribution in [2.45, 2.75) is 46.7 Å². The lowest BCUT2D eigenvalue weighted by Crippen LogP contribution is -2.29. The van der Waals surface area contributed by atoms with Crippen molar-refractivity contribution in [2.24, 2.45) is 11.8 Å². The second kappa shape index (κ2) is 3.36. The molecule has 1 heteroatoms. The SMILES string of the molecule is CCC(C(C)C)C(C)(C)F. The minimum Gasteiger partial charge on any atom is -0.244 e. The van der Waals surface area contributed by atoms with Crippen LogP contribution in [0.5, 0.6) is 0 Å². The molecule has 0 aliphatic carbocycles. The summed E-state index contributed by atoms with van der Waals surface area (Å²) in [5, 5.41) is 0. The summed E-state index contributed by atoms with van der Waals surface area (Å²) in [7, 11) is 0. The zero-order valence-corrected chi connectivity index (χ0v) is 7.74. The maximum Gasteiger partial charge on any atom is 0.108 e. The number of alkyl halides is 1. The van der Waals surface area contributed by atoms with Crippen LogP contribution in [0.2, 0.25) is 0 Å². The predicted molar refractivity (Wildman–Crippen MR) is 43.8 cm³/mol. The maximum atomic E-state index is 13.3. The summed E-state index contributed by atoms with van der Waals surface area (Å²) < 4.78 is 13.3. The number of rotatable bonds is 3. The van der Waals surface area contributed by atoms with Crippen molar-refractivity contribution < 1.29 is 4.39 Å². The first-order valence-corrected chi connectivity index (χ1v) is 4.08. The van der Waals surface area contributed by atoms with E-state index in [0.29, 0.717) is 5.92 Å². The van der Waals surface area contributed by atoms with Crippen LogP contribution < -0.4 is 0 Å². The molecule has 0 nitrogen and oxygen atoms in total. The lowest BCUT2D eigenvalue weighted by molar-refractivity contribution is 0.0872. The molecule has 0 aromatic rings. The highest BCUT2D eigenvalue weighted by atomic mass is 19.1. The predicted octanol–water partition coefficient (Wildman–Crippen LogP) is 3.42. The average Bonchev–Trinajstić information content (AvgIpc) is 1.60. The highest BCUT2D eigenvalue weighted by Crippen LogP contribution is 2.30. The van der Waals surface area contributed by atoms with Gasteiger partial charge in [-0.3, -0.25) is 0 Å². The summed E-state index contributed by atoms with van der Waals surface area (Å²) in [6.07, 6.45) is 0.932. The van der Waals surface area contributed by atoms with E-state index < -0.39 is 5.67 Å². The van der Waals surface area contributed by atoms with Gasteiger partial charge in [0.15, 0.2) is 0 Å². The van der Waals surface area contributed by atoms with Crippen LogP contribution in [-0.2, 0) is 0 Å². The lowest BCUT2D eigenvalue weighted by atomic mass is 9.81. The summed E-state index contributed by atoms with van der Waals surface area (Å²) in [5.74, 6) is 0.650. The van der Waals surface area contributed by atoms with Crippen LogP contribution in [-0.4, -0.2) is 5.67 Å². The Morgan fingerprint density at radius 3 is 1.70 bits per heavy atom. The first-order valence-electron chi connectivity index (χ1n) is 4.08. The summed E-state index contributed by atoms with van der Waals surface area (Å²) in [5.41, 5.74) is -1.01. The molecule has 1 atom stereocenters. The molecule has 0 bridgehead atoms. The zero-order valence-electron chi connectivity index (χ0n) is 7.74. The van der Waals surface area contributed by atoms with E-state index in [4.69, 9.17) is 0 Å². The Kier molecular flexibility index (Phi) is 3.34. The summed E-state index contributed by atoms with van der Waals surface area (Å²) in [6, 6.07) is 0. The Morgan fingerprint density at radius 1 is 1.30 bits per heavy atom. The van der Waals surface area contributed by atoms with Crippen LogP contribution in [0.4, 0.5) is 4.39 Å². The van der Waals surface area contributed by atoms with E-state index in [2.05, 4.69) is 13.8 Å². The van der Waals surface area contributed by atoms with Gasteiger partial charge >= 0.3 is 0 Å². The first kappa shape index (κ1) is 9.93. The van der Waals surface area contributed by atoms with E-state index in [9.17, 15) is 4.39 Å². The fraction of sp³-hybridized carbons (Fsp3) is 1.00. The largest absolute Gasteiger partial charge is 0.244 e. The van der Waals surface area contributed by atoms with Crippen molar-refractivity contribution in [1.29, 1.82) is 0 Å². The standard InChI is InChI=1S/C9H19F/c1-6-8(7(2)3)9(4,5)10/h7-8H,6H2,1-5H3. The van der Waals surface area contributed by atoms with Crippen molar-refractivity contribution in [3.8, 4) is 0 Å². The second-order valence-electron chi connectivity index (χ2n) is 3.82. The topological polar surface area (TPSA) is 0 Å². The number of hydrogen-bond donors (Lipinski definition) is 0. The third kappa shape index (κ3) is 2.68. The maximum absolute atomic E-state index is 13.3. The van der Waals surface area contributed by atoms with E-state index in [1.165, 1.54) is 0 Å². The molecule has 62 valence electrons. The molecule has 0 rings (SSSR count). The van der Waals surface area contributed by atoms with Crippen LogP contribution in [0.25, 0.3) is 0 Å². The van der Waals surface area contributed by atoms with Crippen LogP contribution >= 0.6 is 0 Å². The molecular weight excluding hydrogens is 127 g/mol. The fourth-order valence-corrected chi connectivity index (χ4v) is 1.75. The van der Waals surface area contributed by atoms with Crippen molar-refractivity contribution in [3.05, 3.63) is 0 Å². The Balaban J connectivity index is 4.07. The van der Waals surface area contributed by atoms with Crippen molar-refractivity contribution in [3.63, 3.8) is 0 Å². The molecule has 0 radical (unpaired) electrons. The molecule has 0 amide bonds. The Bertz CT molecular complexity index is 89.4. The van der Waals surface area contributed by atoms with E-state index in [0.717, 1.165) is 6.42 Å². The molecule has 0 saturated carbocycles. The van der Waals surface area contributed by atoms with Gasteiger partial charge in [0.1, 0.15) is 5.67 Å². The van der Waals surface area contributed by atoms with E-state index in [1.54, 1.807) is 13.8 Å². The molecular formula is C9H19F. The Labute approximate surface area is 63.8 Å². The molecule has 1 unspecified atom stereocenters. The second-order valence-corrected chi connectivity index (χ2v) is 3.82. The summed E-state index contributed by atoms with van der Waals surface area (Å²) >= 11 is 0. The molecule has 0 heterocycles. The van der Waals surface area contributed by atoms with Crippen LogP contribution in [0, 0.1) is 11.8 Å². The van der Waals surface area contributed by atoms with Gasteiger partial charge in [0.2, 0.25) is 0 Å². The van der Waals surface area contributed by atoms with Crippen LogP contribution in [0.1, 0.15) is 41.0 Å². The molecule has 0 aliphatic rings. The molecule has 0 saturated heterocycles. The first-order chi connectivity index (χ1) is 4.39. The van der Waals surface area contributed by atoms with Crippen molar-refractivity contribution in [2.75, 3.05) is 0 Å². The van der Waals surface area contributed by atoms with Crippen LogP contribution in [0.15, 0.2) is 0 Å². The Morgan fingerprint density at radius 2 is 1.70 bits per heavy atom. The normalized spacial score (nSPS) is 15.9. The van der Waals surface area contributed by atoms with Gasteiger partial charge in [0, 0.05) is 0 Å². The molecule has 0 aliphatic heterocycles. The van der Waals surface area contributed by atoms with Gasteiger partial charge in [-0.05, 0) is 25.7 Å². The summed E-state index contributed by atoms with van der Waals surface area (Å²) in [6.45, 7) is 9.54. The van der Waals surface area contributed by atoms with Gasteiger partial charge in [0.05, 0.1) is 0 Å². The highest BCUT2D eigenvalue weighted by molar-refractivity contribution is 4.78. The van der Waals surface area contributed by atoms with E-state index in [-0.39, 0.29) is 5.92 Å². The quantitative estimate of drug-likeness (QED) is 0.572. The fourth-order valence-electron chi connectivity index (χ4n) is 1.75. The van der Waals surface area contributed by atoms with Gasteiger partial charge in [-0.25, -0.2) is 4.39 Å². The zero-order chi connectivity index (χ0) is 8.36. The Hall–Kier alpha value is -0.0700. The monoisotopic (exact) mass is 146 g/mol. The third-order valence-corrected chi connectivity index (χ3v) is 2.13.